The summed E-state index contributed by atoms with van der Waals surface area (Å²) in [5.41, 5.74) is 0.508. The SMILES string of the molecule is Cn1cnc(S(=O)(=O)N2CC(C(=O)c3ccc(F)c(F)c3)C(c3ccc(F)cc3)C2)c1. The van der Waals surface area contributed by atoms with E-state index in [2.05, 4.69) is 4.98 Å². The molecule has 0 spiro atoms. The Morgan fingerprint density at radius 3 is 2.35 bits per heavy atom. The van der Waals surface area contributed by atoms with Gasteiger partial charge in [0.15, 0.2) is 22.4 Å². The number of aromatic nitrogens is 2. The average molecular weight is 449 g/mol. The van der Waals surface area contributed by atoms with Crippen molar-refractivity contribution in [2.45, 2.75) is 10.9 Å². The zero-order valence-electron chi connectivity index (χ0n) is 16.4. The maximum absolute atomic E-state index is 13.7. The number of nitrogens with zero attached hydrogens (tertiary/aromatic N) is 3. The normalized spacial score (nSPS) is 19.6. The van der Waals surface area contributed by atoms with Crippen molar-refractivity contribution in [2.75, 3.05) is 13.1 Å². The Balaban J connectivity index is 1.72. The fourth-order valence-corrected chi connectivity index (χ4v) is 5.25. The molecule has 1 aliphatic rings. The number of hydrogen-bond acceptors (Lipinski definition) is 4. The monoisotopic (exact) mass is 449 g/mol. The second-order valence-electron chi connectivity index (χ2n) is 7.46. The van der Waals surface area contributed by atoms with Crippen LogP contribution in [0.5, 0.6) is 0 Å². The molecule has 1 saturated heterocycles. The number of ketones is 1. The van der Waals surface area contributed by atoms with E-state index < -0.39 is 45.1 Å². The fourth-order valence-electron chi connectivity index (χ4n) is 3.80. The van der Waals surface area contributed by atoms with Crippen LogP contribution in [-0.4, -0.2) is 41.1 Å². The van der Waals surface area contributed by atoms with Crippen molar-refractivity contribution in [1.82, 2.24) is 13.9 Å². The zero-order valence-corrected chi connectivity index (χ0v) is 17.2. The molecule has 2 aromatic carbocycles. The molecular formula is C21H18F3N3O3S. The Kier molecular flexibility index (Phi) is 5.44. The molecule has 1 aromatic heterocycles. The molecule has 0 bridgehead atoms. The first kappa shape index (κ1) is 21.3. The third-order valence-electron chi connectivity index (χ3n) is 5.41. The third-order valence-corrected chi connectivity index (χ3v) is 7.13. The molecule has 0 amide bonds. The summed E-state index contributed by atoms with van der Waals surface area (Å²) in [6.45, 7) is -0.205. The smallest absolute Gasteiger partial charge is 0.262 e. The summed E-state index contributed by atoms with van der Waals surface area (Å²) in [5, 5.41) is -0.159. The molecule has 6 nitrogen and oxygen atoms in total. The number of carbonyl (C=O) groups is 1. The van der Waals surface area contributed by atoms with E-state index in [0.717, 1.165) is 16.4 Å². The maximum atomic E-state index is 13.7. The standard InChI is InChI=1S/C21H18F3N3O3S/c1-26-11-20(25-12-26)31(29,30)27-9-16(13-2-5-15(22)6-3-13)17(10-27)21(28)14-4-7-18(23)19(24)8-14/h2-8,11-12,16-17H,9-10H2,1H3. The molecule has 0 aliphatic carbocycles. The van der Waals surface area contributed by atoms with Gasteiger partial charge in [0.25, 0.3) is 10.0 Å². The Morgan fingerprint density at radius 2 is 1.74 bits per heavy atom. The summed E-state index contributed by atoms with van der Waals surface area (Å²) in [7, 11) is -2.36. The Labute approximate surface area is 177 Å². The first-order chi connectivity index (χ1) is 14.7. The Hall–Kier alpha value is -2.98. The fraction of sp³-hybridized carbons (Fsp3) is 0.238. The van der Waals surface area contributed by atoms with E-state index in [1.165, 1.54) is 47.4 Å². The van der Waals surface area contributed by atoms with Gasteiger partial charge in [-0.1, -0.05) is 12.1 Å². The van der Waals surface area contributed by atoms with Crippen LogP contribution in [0.2, 0.25) is 0 Å². The van der Waals surface area contributed by atoms with Crippen LogP contribution in [0.15, 0.2) is 60.0 Å². The minimum atomic E-state index is -3.99. The van der Waals surface area contributed by atoms with E-state index in [1.807, 2.05) is 0 Å². The van der Waals surface area contributed by atoms with Gasteiger partial charge >= 0.3 is 0 Å². The van der Waals surface area contributed by atoms with Crippen molar-refractivity contribution in [3.05, 3.63) is 83.6 Å². The summed E-state index contributed by atoms with van der Waals surface area (Å²) < 4.78 is 69.1. The summed E-state index contributed by atoms with van der Waals surface area (Å²) in [4.78, 5) is 17.1. The summed E-state index contributed by atoms with van der Waals surface area (Å²) >= 11 is 0. The number of imidazole rings is 1. The van der Waals surface area contributed by atoms with E-state index in [9.17, 15) is 26.4 Å². The van der Waals surface area contributed by atoms with Crippen molar-refractivity contribution in [1.29, 1.82) is 0 Å². The van der Waals surface area contributed by atoms with Gasteiger partial charge in [-0.3, -0.25) is 4.79 Å². The molecule has 4 rings (SSSR count). The first-order valence-corrected chi connectivity index (χ1v) is 10.8. The van der Waals surface area contributed by atoms with Crippen molar-refractivity contribution in [3.63, 3.8) is 0 Å². The highest BCUT2D eigenvalue weighted by molar-refractivity contribution is 7.89. The number of rotatable bonds is 5. The van der Waals surface area contributed by atoms with Crippen LogP contribution in [0.1, 0.15) is 21.8 Å². The number of Topliss-reactive ketones (excluding diaryl/α,β-unsaturated/α-hetero) is 1. The maximum Gasteiger partial charge on any atom is 0.262 e. The molecule has 2 heterocycles. The minimum absolute atomic E-state index is 0.0371. The summed E-state index contributed by atoms with van der Waals surface area (Å²) in [5.74, 6) is -4.71. The molecule has 1 aliphatic heterocycles. The molecule has 162 valence electrons. The molecule has 0 saturated carbocycles. The molecule has 31 heavy (non-hydrogen) atoms. The van der Waals surface area contributed by atoms with Gasteiger partial charge in [0.1, 0.15) is 5.82 Å². The Morgan fingerprint density at radius 1 is 1.03 bits per heavy atom. The van der Waals surface area contributed by atoms with Gasteiger partial charge in [0.05, 0.1) is 6.33 Å². The number of sulfonamides is 1. The van der Waals surface area contributed by atoms with Crippen LogP contribution < -0.4 is 0 Å². The highest BCUT2D eigenvalue weighted by atomic mass is 32.2. The van der Waals surface area contributed by atoms with Crippen LogP contribution in [0.3, 0.4) is 0 Å². The van der Waals surface area contributed by atoms with Crippen LogP contribution in [0.4, 0.5) is 13.2 Å². The van der Waals surface area contributed by atoms with Crippen LogP contribution in [-0.2, 0) is 17.1 Å². The lowest BCUT2D eigenvalue weighted by Crippen LogP contribution is -2.30. The molecule has 3 aromatic rings. The lowest BCUT2D eigenvalue weighted by molar-refractivity contribution is 0.0917. The minimum Gasteiger partial charge on any atom is -0.339 e. The quantitative estimate of drug-likeness (QED) is 0.561. The summed E-state index contributed by atoms with van der Waals surface area (Å²) in [6.07, 6.45) is 2.71. The predicted octanol–water partition coefficient (Wildman–Crippen LogP) is 3.12. The highest BCUT2D eigenvalue weighted by Crippen LogP contribution is 2.37. The van der Waals surface area contributed by atoms with Gasteiger partial charge in [0, 0.05) is 43.7 Å². The van der Waals surface area contributed by atoms with Gasteiger partial charge in [-0.15, -0.1) is 0 Å². The lowest BCUT2D eigenvalue weighted by atomic mass is 9.84. The molecule has 1 fully saturated rings. The number of aryl methyl sites for hydroxylation is 1. The van der Waals surface area contributed by atoms with Crippen molar-refractivity contribution in [2.24, 2.45) is 13.0 Å². The van der Waals surface area contributed by atoms with Crippen LogP contribution in [0, 0.1) is 23.4 Å². The van der Waals surface area contributed by atoms with Gasteiger partial charge in [-0.2, -0.15) is 4.31 Å². The number of benzene rings is 2. The van der Waals surface area contributed by atoms with E-state index in [4.69, 9.17) is 0 Å². The molecule has 2 atom stereocenters. The van der Waals surface area contributed by atoms with Crippen molar-refractivity contribution < 1.29 is 26.4 Å². The van der Waals surface area contributed by atoms with Gasteiger partial charge < -0.3 is 4.57 Å². The number of hydrogen-bond donors (Lipinski definition) is 0. The van der Waals surface area contributed by atoms with E-state index >= 15 is 0 Å². The van der Waals surface area contributed by atoms with Gasteiger partial charge in [0.2, 0.25) is 0 Å². The highest BCUT2D eigenvalue weighted by Gasteiger charge is 2.44. The predicted molar refractivity (Wildman–Crippen MR) is 105 cm³/mol. The number of carbonyl (C=O) groups excluding carboxylic acids is 1. The summed E-state index contributed by atoms with van der Waals surface area (Å²) in [6, 6.07) is 8.25. The molecular weight excluding hydrogens is 431 g/mol. The first-order valence-electron chi connectivity index (χ1n) is 9.39. The third kappa shape index (κ3) is 4.00. The largest absolute Gasteiger partial charge is 0.339 e. The zero-order chi connectivity index (χ0) is 22.3. The van der Waals surface area contributed by atoms with Gasteiger partial charge in [-0.05, 0) is 35.9 Å². The van der Waals surface area contributed by atoms with E-state index in [0.29, 0.717) is 5.56 Å². The topological polar surface area (TPSA) is 72.3 Å². The molecule has 2 unspecified atom stereocenters. The lowest BCUT2D eigenvalue weighted by Gasteiger charge is -2.18. The Bertz CT molecular complexity index is 1240. The van der Waals surface area contributed by atoms with Crippen LogP contribution in [0.25, 0.3) is 0 Å². The molecule has 0 N–H and O–H groups in total. The van der Waals surface area contributed by atoms with Gasteiger partial charge in [-0.25, -0.2) is 26.6 Å². The second kappa shape index (κ2) is 7.93. The number of halogens is 3. The van der Waals surface area contributed by atoms with Crippen molar-refractivity contribution >= 4 is 15.8 Å². The average Bonchev–Trinajstić information content (AvgIpc) is 3.38. The molecule has 10 heteroatoms. The molecule has 0 radical (unpaired) electrons. The van der Waals surface area contributed by atoms with Crippen molar-refractivity contribution in [3.8, 4) is 0 Å². The van der Waals surface area contributed by atoms with Crippen LogP contribution >= 0.6 is 0 Å². The second-order valence-corrected chi connectivity index (χ2v) is 9.34. The van der Waals surface area contributed by atoms with E-state index in [-0.39, 0.29) is 23.7 Å². The van der Waals surface area contributed by atoms with E-state index in [1.54, 1.807) is 7.05 Å².